The third kappa shape index (κ3) is 3.96. The number of rotatable bonds is 5. The van der Waals surface area contributed by atoms with Crippen molar-refractivity contribution < 1.29 is 9.53 Å². The molecular weight excluding hydrogens is 376 g/mol. The van der Waals surface area contributed by atoms with Crippen molar-refractivity contribution in [2.24, 2.45) is 0 Å². The van der Waals surface area contributed by atoms with Gasteiger partial charge in [0, 0.05) is 22.3 Å². The largest absolute Gasteiger partial charge is 0.497 e. The summed E-state index contributed by atoms with van der Waals surface area (Å²) < 4.78 is 5.23. The minimum absolute atomic E-state index is 0.152. The van der Waals surface area contributed by atoms with Crippen molar-refractivity contribution in [3.05, 3.63) is 106 Å². The Labute approximate surface area is 174 Å². The number of carbonyl (C=O) groups is 1. The van der Waals surface area contributed by atoms with Crippen LogP contribution in [0.1, 0.15) is 21.5 Å². The molecule has 0 aliphatic rings. The highest BCUT2D eigenvalue weighted by molar-refractivity contribution is 6.06. The number of nitrogens with zero attached hydrogens (tertiary/aromatic N) is 1. The molecule has 1 amide bonds. The lowest BCUT2D eigenvalue weighted by molar-refractivity contribution is 0.0985. The third-order valence-electron chi connectivity index (χ3n) is 5.06. The molecule has 0 bridgehead atoms. The third-order valence-corrected chi connectivity index (χ3v) is 5.06. The SMILES string of the molecule is COc1ccc(N(Cc2cc3cc(C)ccc3[nH]c2=O)C(=O)c2ccccc2)cc1. The molecule has 0 aliphatic carbocycles. The number of hydrogen-bond donors (Lipinski definition) is 1. The van der Waals surface area contributed by atoms with Crippen LogP contribution in [0.4, 0.5) is 5.69 Å². The Balaban J connectivity index is 1.77. The highest BCUT2D eigenvalue weighted by atomic mass is 16.5. The molecule has 0 saturated carbocycles. The number of anilines is 1. The van der Waals surface area contributed by atoms with E-state index in [9.17, 15) is 9.59 Å². The maximum atomic E-state index is 13.3. The summed E-state index contributed by atoms with van der Waals surface area (Å²) in [5, 5.41) is 0.937. The molecular formula is C25H22N2O3. The first-order valence-electron chi connectivity index (χ1n) is 9.69. The van der Waals surface area contributed by atoms with Crippen LogP contribution in [0.25, 0.3) is 10.9 Å². The topological polar surface area (TPSA) is 62.4 Å². The maximum absolute atomic E-state index is 13.3. The molecule has 0 aliphatic heterocycles. The summed E-state index contributed by atoms with van der Waals surface area (Å²) >= 11 is 0. The lowest BCUT2D eigenvalue weighted by Gasteiger charge is -2.23. The maximum Gasteiger partial charge on any atom is 0.258 e. The zero-order valence-corrected chi connectivity index (χ0v) is 16.9. The number of hydrogen-bond acceptors (Lipinski definition) is 3. The first-order chi connectivity index (χ1) is 14.5. The van der Waals surface area contributed by atoms with Gasteiger partial charge in [0.15, 0.2) is 0 Å². The van der Waals surface area contributed by atoms with Crippen molar-refractivity contribution in [3.8, 4) is 5.75 Å². The van der Waals surface area contributed by atoms with Crippen molar-refractivity contribution in [1.29, 1.82) is 0 Å². The van der Waals surface area contributed by atoms with Gasteiger partial charge in [-0.25, -0.2) is 0 Å². The van der Waals surface area contributed by atoms with Crippen molar-refractivity contribution >= 4 is 22.5 Å². The van der Waals surface area contributed by atoms with Crippen LogP contribution >= 0.6 is 0 Å². The van der Waals surface area contributed by atoms with Gasteiger partial charge in [0.25, 0.3) is 11.5 Å². The number of H-pyrrole nitrogens is 1. The molecule has 1 heterocycles. The Bertz CT molecular complexity index is 1250. The van der Waals surface area contributed by atoms with Gasteiger partial charge in [0.2, 0.25) is 0 Å². The number of carbonyl (C=O) groups excluding carboxylic acids is 1. The van der Waals surface area contributed by atoms with Crippen LogP contribution in [-0.4, -0.2) is 18.0 Å². The highest BCUT2D eigenvalue weighted by Gasteiger charge is 2.20. The van der Waals surface area contributed by atoms with E-state index in [2.05, 4.69) is 4.98 Å². The molecule has 0 fully saturated rings. The average molecular weight is 398 g/mol. The summed E-state index contributed by atoms with van der Waals surface area (Å²) in [5.41, 5.74) is 3.45. The van der Waals surface area contributed by atoms with E-state index in [4.69, 9.17) is 4.74 Å². The van der Waals surface area contributed by atoms with Crippen molar-refractivity contribution in [1.82, 2.24) is 4.98 Å². The van der Waals surface area contributed by atoms with Gasteiger partial charge in [-0.1, -0.05) is 29.8 Å². The number of aryl methyl sites for hydroxylation is 1. The molecule has 1 N–H and O–H groups in total. The number of amides is 1. The molecule has 0 spiro atoms. The Hall–Kier alpha value is -3.86. The van der Waals surface area contributed by atoms with Crippen molar-refractivity contribution in [2.75, 3.05) is 12.0 Å². The van der Waals surface area contributed by atoms with Crippen LogP contribution in [0, 0.1) is 6.92 Å². The smallest absolute Gasteiger partial charge is 0.258 e. The summed E-state index contributed by atoms with van der Waals surface area (Å²) in [7, 11) is 1.60. The van der Waals surface area contributed by atoms with Crippen molar-refractivity contribution in [2.45, 2.75) is 13.5 Å². The monoisotopic (exact) mass is 398 g/mol. The molecule has 0 saturated heterocycles. The minimum Gasteiger partial charge on any atom is -0.497 e. The molecule has 4 aromatic rings. The lowest BCUT2D eigenvalue weighted by atomic mass is 10.1. The summed E-state index contributed by atoms with van der Waals surface area (Å²) in [4.78, 5) is 30.6. The van der Waals surface area contributed by atoms with E-state index in [1.54, 1.807) is 36.3 Å². The quantitative estimate of drug-likeness (QED) is 0.530. The van der Waals surface area contributed by atoms with Crippen LogP contribution in [0.2, 0.25) is 0 Å². The standard InChI is InChI=1S/C25H22N2O3/c1-17-8-13-23-19(14-17)15-20(24(28)26-23)16-27(21-9-11-22(30-2)12-10-21)25(29)18-6-4-3-5-7-18/h3-15H,16H2,1-2H3,(H,26,28). The Morgan fingerprint density at radius 2 is 1.70 bits per heavy atom. The van der Waals surface area contributed by atoms with Gasteiger partial charge in [-0.15, -0.1) is 0 Å². The van der Waals surface area contributed by atoms with Gasteiger partial charge in [0.05, 0.1) is 13.7 Å². The van der Waals surface area contributed by atoms with E-state index >= 15 is 0 Å². The number of nitrogens with one attached hydrogen (secondary N) is 1. The summed E-state index contributed by atoms with van der Waals surface area (Å²) in [6.45, 7) is 2.16. The number of aromatic amines is 1. The van der Waals surface area contributed by atoms with Crippen LogP contribution in [0.5, 0.6) is 5.75 Å². The van der Waals surface area contributed by atoms with Gasteiger partial charge in [-0.3, -0.25) is 9.59 Å². The molecule has 3 aromatic carbocycles. The van der Waals surface area contributed by atoms with E-state index in [1.165, 1.54) is 0 Å². The van der Waals surface area contributed by atoms with E-state index in [-0.39, 0.29) is 18.0 Å². The second-order valence-electron chi connectivity index (χ2n) is 7.17. The zero-order chi connectivity index (χ0) is 21.1. The number of fused-ring (bicyclic) bond motifs is 1. The molecule has 1 aromatic heterocycles. The molecule has 0 atom stereocenters. The number of methoxy groups -OCH3 is 1. The fourth-order valence-electron chi connectivity index (χ4n) is 3.44. The normalized spacial score (nSPS) is 10.7. The van der Waals surface area contributed by atoms with E-state index in [1.807, 2.05) is 61.5 Å². The van der Waals surface area contributed by atoms with E-state index in [0.29, 0.717) is 22.6 Å². The Kier molecular flexibility index (Phi) is 5.35. The molecule has 30 heavy (non-hydrogen) atoms. The Morgan fingerprint density at radius 1 is 0.967 bits per heavy atom. The fourth-order valence-corrected chi connectivity index (χ4v) is 3.44. The van der Waals surface area contributed by atoms with Gasteiger partial charge < -0.3 is 14.6 Å². The van der Waals surface area contributed by atoms with Crippen LogP contribution in [0.15, 0.2) is 83.7 Å². The first kappa shape index (κ1) is 19.5. The summed E-state index contributed by atoms with van der Waals surface area (Å²) in [6.07, 6.45) is 0. The molecule has 5 heteroatoms. The van der Waals surface area contributed by atoms with Crippen LogP contribution in [-0.2, 0) is 6.54 Å². The van der Waals surface area contributed by atoms with Crippen LogP contribution < -0.4 is 15.2 Å². The van der Waals surface area contributed by atoms with Gasteiger partial charge in [-0.2, -0.15) is 0 Å². The number of pyridine rings is 1. The lowest BCUT2D eigenvalue weighted by Crippen LogP contribution is -2.32. The minimum atomic E-state index is -0.203. The molecule has 5 nitrogen and oxygen atoms in total. The van der Waals surface area contributed by atoms with Gasteiger partial charge in [0.1, 0.15) is 5.75 Å². The van der Waals surface area contributed by atoms with Crippen molar-refractivity contribution in [3.63, 3.8) is 0 Å². The van der Waals surface area contributed by atoms with E-state index in [0.717, 1.165) is 16.5 Å². The zero-order valence-electron chi connectivity index (χ0n) is 16.9. The number of ether oxygens (including phenoxy) is 1. The second kappa shape index (κ2) is 8.25. The molecule has 0 radical (unpaired) electrons. The number of benzene rings is 3. The van der Waals surface area contributed by atoms with E-state index < -0.39 is 0 Å². The van der Waals surface area contributed by atoms with Gasteiger partial charge >= 0.3 is 0 Å². The summed E-state index contributed by atoms with van der Waals surface area (Å²) in [6, 6.07) is 24.0. The second-order valence-corrected chi connectivity index (χ2v) is 7.17. The fraction of sp³-hybridized carbons (Fsp3) is 0.120. The first-order valence-corrected chi connectivity index (χ1v) is 9.69. The molecule has 150 valence electrons. The van der Waals surface area contributed by atoms with Gasteiger partial charge in [-0.05, 0) is 66.9 Å². The predicted molar refractivity (Wildman–Crippen MR) is 119 cm³/mol. The molecule has 0 unspecified atom stereocenters. The Morgan fingerprint density at radius 3 is 2.40 bits per heavy atom. The van der Waals surface area contributed by atoms with Crippen LogP contribution in [0.3, 0.4) is 0 Å². The highest BCUT2D eigenvalue weighted by Crippen LogP contribution is 2.23. The molecule has 4 rings (SSSR count). The number of aromatic nitrogens is 1. The average Bonchev–Trinajstić information content (AvgIpc) is 2.78. The predicted octanol–water partition coefficient (Wildman–Crippen LogP) is 4.69. The summed E-state index contributed by atoms with van der Waals surface area (Å²) in [5.74, 6) is 0.523.